The average Bonchev–Trinajstić information content (AvgIpc) is 2.99. The number of nitrogens with zero attached hydrogens (tertiary/aromatic N) is 1. The number of hydrogen-bond acceptors (Lipinski definition) is 4. The van der Waals surface area contributed by atoms with E-state index in [1.54, 1.807) is 24.3 Å². The predicted molar refractivity (Wildman–Crippen MR) is 89.3 cm³/mol. The van der Waals surface area contributed by atoms with Gasteiger partial charge in [0.15, 0.2) is 0 Å². The molecule has 1 aromatic carbocycles. The van der Waals surface area contributed by atoms with Crippen LogP contribution in [0.3, 0.4) is 0 Å². The van der Waals surface area contributed by atoms with Crippen molar-refractivity contribution in [1.29, 1.82) is 0 Å². The molecule has 2 rings (SSSR count). The first kappa shape index (κ1) is 21.6. The van der Waals surface area contributed by atoms with Gasteiger partial charge in [0.1, 0.15) is 0 Å². The molecule has 0 atom stereocenters. The lowest BCUT2D eigenvalue weighted by Crippen LogP contribution is -2.36. The highest BCUT2D eigenvalue weighted by Crippen LogP contribution is 2.39. The summed E-state index contributed by atoms with van der Waals surface area (Å²) in [6.45, 7) is -0.314. The predicted octanol–water partition coefficient (Wildman–Crippen LogP) is 4.71. The molecule has 0 saturated heterocycles. The molecule has 2 aromatic rings. The third-order valence-electron chi connectivity index (χ3n) is 4.08. The standard InChI is InChI=1S/C18H18F5NO4/c1-27-15(25)10-12-11-24(14-7-3-2-6-13(12)14)16(26)28-9-5-4-8-17(19,20)18(21,22)23/h2-3,6-7,11H,4-5,8-10H2,1H3. The zero-order valence-corrected chi connectivity index (χ0v) is 14.9. The third-order valence-corrected chi connectivity index (χ3v) is 4.08. The number of methoxy groups -OCH3 is 1. The summed E-state index contributed by atoms with van der Waals surface area (Å²) in [5.74, 6) is -5.27. The number of aromatic nitrogens is 1. The van der Waals surface area contributed by atoms with Gasteiger partial charge in [0.25, 0.3) is 0 Å². The molecule has 5 nitrogen and oxygen atoms in total. The van der Waals surface area contributed by atoms with Gasteiger partial charge in [-0.1, -0.05) is 18.2 Å². The summed E-state index contributed by atoms with van der Waals surface area (Å²) in [7, 11) is 1.23. The number of fused-ring (bicyclic) bond motifs is 1. The van der Waals surface area contributed by atoms with Gasteiger partial charge in [0.2, 0.25) is 0 Å². The van der Waals surface area contributed by atoms with Crippen molar-refractivity contribution in [1.82, 2.24) is 4.57 Å². The second-order valence-electron chi connectivity index (χ2n) is 6.07. The first-order valence-electron chi connectivity index (χ1n) is 8.34. The van der Waals surface area contributed by atoms with E-state index in [1.807, 2.05) is 0 Å². The van der Waals surface area contributed by atoms with Crippen LogP contribution in [0.5, 0.6) is 0 Å². The molecule has 0 aliphatic carbocycles. The van der Waals surface area contributed by atoms with Crippen LogP contribution >= 0.6 is 0 Å². The number of ether oxygens (including phenoxy) is 2. The quantitative estimate of drug-likeness (QED) is 0.379. The molecule has 0 fully saturated rings. The Morgan fingerprint density at radius 2 is 1.75 bits per heavy atom. The number of rotatable bonds is 7. The van der Waals surface area contributed by atoms with Gasteiger partial charge in [0.05, 0.1) is 25.7 Å². The molecule has 1 aromatic heterocycles. The van der Waals surface area contributed by atoms with Gasteiger partial charge in [-0.15, -0.1) is 0 Å². The van der Waals surface area contributed by atoms with Crippen LogP contribution in [-0.2, 0) is 20.7 Å². The molecule has 0 N–H and O–H groups in total. The SMILES string of the molecule is COC(=O)Cc1cn(C(=O)OCCCCC(F)(F)C(F)(F)F)c2ccccc12. The van der Waals surface area contributed by atoms with Gasteiger partial charge in [-0.05, 0) is 24.5 Å². The minimum absolute atomic E-state index is 0.0657. The monoisotopic (exact) mass is 407 g/mol. The molecule has 0 saturated carbocycles. The molecule has 154 valence electrons. The third kappa shape index (κ3) is 4.99. The van der Waals surface area contributed by atoms with Gasteiger partial charge in [-0.2, -0.15) is 22.0 Å². The van der Waals surface area contributed by atoms with Crippen molar-refractivity contribution in [3.8, 4) is 0 Å². The van der Waals surface area contributed by atoms with Crippen molar-refractivity contribution in [2.75, 3.05) is 13.7 Å². The minimum atomic E-state index is -5.59. The summed E-state index contributed by atoms with van der Waals surface area (Å²) in [6, 6.07) is 6.73. The van der Waals surface area contributed by atoms with Crippen molar-refractivity contribution in [2.24, 2.45) is 0 Å². The van der Waals surface area contributed by atoms with E-state index in [-0.39, 0.29) is 19.4 Å². The maximum Gasteiger partial charge on any atom is 0.453 e. The van der Waals surface area contributed by atoms with E-state index >= 15 is 0 Å². The molecule has 10 heteroatoms. The molecule has 0 unspecified atom stereocenters. The molecule has 0 aliphatic rings. The smallest absolute Gasteiger partial charge is 0.453 e. The average molecular weight is 407 g/mol. The lowest BCUT2D eigenvalue weighted by molar-refractivity contribution is -0.284. The van der Waals surface area contributed by atoms with Crippen molar-refractivity contribution in [3.63, 3.8) is 0 Å². The van der Waals surface area contributed by atoms with Gasteiger partial charge in [-0.3, -0.25) is 9.36 Å². The summed E-state index contributed by atoms with van der Waals surface area (Å²) in [5.41, 5.74) is 0.999. The molecule has 1 heterocycles. The van der Waals surface area contributed by atoms with Crippen LogP contribution in [-0.4, -0.2) is 42.4 Å². The van der Waals surface area contributed by atoms with Crippen LogP contribution in [0.25, 0.3) is 10.9 Å². The van der Waals surface area contributed by atoms with Crippen LogP contribution in [0, 0.1) is 0 Å². The summed E-state index contributed by atoms with van der Waals surface area (Å²) < 4.78 is 72.6. The first-order chi connectivity index (χ1) is 13.1. The molecular formula is C18H18F5NO4. The first-order valence-corrected chi connectivity index (χ1v) is 8.34. The number of alkyl halides is 5. The van der Waals surface area contributed by atoms with E-state index in [0.29, 0.717) is 16.5 Å². The van der Waals surface area contributed by atoms with E-state index < -0.39 is 37.0 Å². The van der Waals surface area contributed by atoms with E-state index in [2.05, 4.69) is 4.74 Å². The number of para-hydroxylation sites is 1. The Hall–Kier alpha value is -2.65. The van der Waals surface area contributed by atoms with Crippen LogP contribution in [0.15, 0.2) is 30.5 Å². The van der Waals surface area contributed by atoms with Crippen LogP contribution in [0.4, 0.5) is 26.7 Å². The normalized spacial score (nSPS) is 12.2. The lowest BCUT2D eigenvalue weighted by Gasteiger charge is -2.19. The van der Waals surface area contributed by atoms with Crippen molar-refractivity contribution < 1.29 is 41.0 Å². The summed E-state index contributed by atoms with van der Waals surface area (Å²) in [5, 5.41) is 0.634. The fourth-order valence-electron chi connectivity index (χ4n) is 2.59. The maximum absolute atomic E-state index is 12.8. The number of carbonyl (C=O) groups excluding carboxylic acids is 2. The van der Waals surface area contributed by atoms with Gasteiger partial charge >= 0.3 is 24.2 Å². The summed E-state index contributed by atoms with van der Waals surface area (Å²) >= 11 is 0. The highest BCUT2D eigenvalue weighted by molar-refractivity contribution is 5.93. The summed E-state index contributed by atoms with van der Waals surface area (Å²) in [4.78, 5) is 23.8. The Balaban J connectivity index is 1.98. The molecule has 0 amide bonds. The maximum atomic E-state index is 12.8. The van der Waals surface area contributed by atoms with Crippen molar-refractivity contribution >= 4 is 23.0 Å². The van der Waals surface area contributed by atoms with Crippen LogP contribution in [0.2, 0.25) is 0 Å². The van der Waals surface area contributed by atoms with E-state index in [0.717, 1.165) is 4.57 Å². The van der Waals surface area contributed by atoms with Gasteiger partial charge in [0, 0.05) is 18.0 Å². The summed E-state index contributed by atoms with van der Waals surface area (Å²) in [6.07, 6.45) is -7.06. The van der Waals surface area contributed by atoms with Gasteiger partial charge < -0.3 is 9.47 Å². The van der Waals surface area contributed by atoms with E-state index in [1.165, 1.54) is 13.3 Å². The second-order valence-corrected chi connectivity index (χ2v) is 6.07. The van der Waals surface area contributed by atoms with Gasteiger partial charge in [-0.25, -0.2) is 4.79 Å². The Morgan fingerprint density at radius 3 is 2.39 bits per heavy atom. The highest BCUT2D eigenvalue weighted by Gasteiger charge is 2.56. The lowest BCUT2D eigenvalue weighted by atomic mass is 10.1. The largest absolute Gasteiger partial charge is 0.469 e. The molecule has 28 heavy (non-hydrogen) atoms. The molecule has 0 aliphatic heterocycles. The second kappa shape index (κ2) is 8.57. The van der Waals surface area contributed by atoms with Crippen LogP contribution < -0.4 is 0 Å². The Bertz CT molecular complexity index is 844. The molecule has 0 radical (unpaired) electrons. The van der Waals surface area contributed by atoms with Crippen LogP contribution in [0.1, 0.15) is 24.8 Å². The zero-order valence-electron chi connectivity index (χ0n) is 14.9. The fraction of sp³-hybridized carbons (Fsp3) is 0.444. The van der Waals surface area contributed by atoms with E-state index in [4.69, 9.17) is 4.74 Å². The molecular weight excluding hydrogens is 389 g/mol. The minimum Gasteiger partial charge on any atom is -0.469 e. The number of halogens is 5. The highest BCUT2D eigenvalue weighted by atomic mass is 19.4. The van der Waals surface area contributed by atoms with Crippen molar-refractivity contribution in [2.45, 2.75) is 37.8 Å². The number of unbranched alkanes of at least 4 members (excludes halogenated alkanes) is 1. The number of esters is 1. The number of hydrogen-bond donors (Lipinski definition) is 0. The molecule has 0 bridgehead atoms. The Labute approximate surface area is 157 Å². The molecule has 0 spiro atoms. The van der Waals surface area contributed by atoms with Crippen molar-refractivity contribution in [3.05, 3.63) is 36.0 Å². The zero-order chi connectivity index (χ0) is 20.9. The Morgan fingerprint density at radius 1 is 1.07 bits per heavy atom. The number of benzene rings is 1. The fourth-order valence-corrected chi connectivity index (χ4v) is 2.59. The number of carbonyl (C=O) groups is 2. The topological polar surface area (TPSA) is 57.5 Å². The van der Waals surface area contributed by atoms with E-state index in [9.17, 15) is 31.5 Å². The Kier molecular flexibility index (Phi) is 6.63.